The largest absolute Gasteiger partial charge is 0.397 e. The molecule has 0 fully saturated rings. The maximum atomic E-state index is 11.9. The van der Waals surface area contributed by atoms with E-state index >= 15 is 0 Å². The van der Waals surface area contributed by atoms with Crippen LogP contribution in [0.15, 0.2) is 12.3 Å². The van der Waals surface area contributed by atoms with Crippen molar-refractivity contribution in [2.75, 3.05) is 32.4 Å². The third-order valence-corrected chi connectivity index (χ3v) is 2.81. The molecule has 5 heteroatoms. The van der Waals surface area contributed by atoms with E-state index in [1.54, 1.807) is 12.3 Å². The van der Waals surface area contributed by atoms with Gasteiger partial charge in [0.15, 0.2) is 0 Å². The zero-order valence-corrected chi connectivity index (χ0v) is 10.9. The van der Waals surface area contributed by atoms with Crippen molar-refractivity contribution in [1.82, 2.24) is 14.8 Å². The van der Waals surface area contributed by atoms with Gasteiger partial charge >= 0.3 is 0 Å². The summed E-state index contributed by atoms with van der Waals surface area (Å²) in [4.78, 5) is 14.0. The molecule has 3 N–H and O–H groups in total. The predicted molar refractivity (Wildman–Crippen MR) is 70.0 cm³/mol. The molecule has 0 bridgehead atoms. The van der Waals surface area contributed by atoms with Crippen LogP contribution in [0.1, 0.15) is 24.3 Å². The number of nitrogens with one attached hydrogen (secondary N) is 1. The van der Waals surface area contributed by atoms with E-state index in [-0.39, 0.29) is 5.91 Å². The Morgan fingerprint density at radius 1 is 1.53 bits per heavy atom. The molecule has 0 aliphatic carbocycles. The Bertz CT molecular complexity index is 373. The maximum Gasteiger partial charge on any atom is 0.268 e. The lowest BCUT2D eigenvalue weighted by Gasteiger charge is -2.14. The number of hydrogen-bond donors (Lipinski definition) is 2. The highest BCUT2D eigenvalue weighted by Gasteiger charge is 2.11. The number of rotatable bonds is 6. The molecule has 1 rings (SSSR count). The second-order valence-electron chi connectivity index (χ2n) is 4.10. The molecule has 1 heterocycles. The van der Waals surface area contributed by atoms with Crippen LogP contribution >= 0.6 is 0 Å². The molecule has 0 saturated heterocycles. The van der Waals surface area contributed by atoms with Crippen molar-refractivity contribution < 1.29 is 4.79 Å². The average molecular weight is 238 g/mol. The van der Waals surface area contributed by atoms with Crippen molar-refractivity contribution in [1.29, 1.82) is 0 Å². The minimum absolute atomic E-state index is 0.0620. The van der Waals surface area contributed by atoms with Gasteiger partial charge in [-0.15, -0.1) is 0 Å². The molecular formula is C12H22N4O. The summed E-state index contributed by atoms with van der Waals surface area (Å²) in [7, 11) is 2.03. The number of hydrogen-bond acceptors (Lipinski definition) is 3. The van der Waals surface area contributed by atoms with Crippen LogP contribution in [0.4, 0.5) is 5.69 Å². The lowest BCUT2D eigenvalue weighted by Crippen LogP contribution is -2.33. The van der Waals surface area contributed by atoms with Crippen molar-refractivity contribution in [3.05, 3.63) is 18.0 Å². The van der Waals surface area contributed by atoms with Gasteiger partial charge in [0.05, 0.1) is 5.69 Å². The smallest absolute Gasteiger partial charge is 0.268 e. The van der Waals surface area contributed by atoms with E-state index in [9.17, 15) is 4.79 Å². The summed E-state index contributed by atoms with van der Waals surface area (Å²) in [5.74, 6) is -0.0620. The fraction of sp³-hybridized carbons (Fsp3) is 0.583. The average Bonchev–Trinajstić information content (AvgIpc) is 2.70. The predicted octanol–water partition coefficient (Wildman–Crippen LogP) is 0.772. The fourth-order valence-electron chi connectivity index (χ4n) is 1.59. The second kappa shape index (κ2) is 6.30. The molecule has 1 aromatic rings. The van der Waals surface area contributed by atoms with Crippen LogP contribution in [-0.4, -0.2) is 42.1 Å². The normalized spacial score (nSPS) is 10.8. The van der Waals surface area contributed by atoms with Crippen molar-refractivity contribution in [3.8, 4) is 0 Å². The highest BCUT2D eigenvalue weighted by atomic mass is 16.1. The number of likely N-dealkylation sites (N-methyl/N-ethyl adjacent to an activating group) is 1. The number of nitrogen functional groups attached to an aromatic ring is 1. The van der Waals surface area contributed by atoms with E-state index in [1.165, 1.54) is 0 Å². The monoisotopic (exact) mass is 238 g/mol. The van der Waals surface area contributed by atoms with Gasteiger partial charge in [-0.3, -0.25) is 4.79 Å². The molecule has 0 radical (unpaired) electrons. The summed E-state index contributed by atoms with van der Waals surface area (Å²) < 4.78 is 1.86. The number of amides is 1. The fourth-order valence-corrected chi connectivity index (χ4v) is 1.59. The number of anilines is 1. The molecule has 0 aliphatic heterocycles. The van der Waals surface area contributed by atoms with Gasteiger partial charge in [0, 0.05) is 25.8 Å². The van der Waals surface area contributed by atoms with Gasteiger partial charge in [0.2, 0.25) is 0 Å². The Morgan fingerprint density at radius 2 is 2.24 bits per heavy atom. The summed E-state index contributed by atoms with van der Waals surface area (Å²) in [5, 5.41) is 2.90. The molecular weight excluding hydrogens is 216 g/mol. The van der Waals surface area contributed by atoms with Crippen molar-refractivity contribution in [3.63, 3.8) is 0 Å². The van der Waals surface area contributed by atoms with Gasteiger partial charge in [-0.1, -0.05) is 6.92 Å². The first kappa shape index (κ1) is 13.6. The molecule has 5 nitrogen and oxygen atoms in total. The third kappa shape index (κ3) is 3.78. The van der Waals surface area contributed by atoms with Crippen molar-refractivity contribution in [2.45, 2.75) is 20.4 Å². The van der Waals surface area contributed by atoms with Crippen LogP contribution in [-0.2, 0) is 6.54 Å². The van der Waals surface area contributed by atoms with E-state index in [0.29, 0.717) is 17.9 Å². The minimum atomic E-state index is -0.0620. The number of nitrogens with zero attached hydrogens (tertiary/aromatic N) is 2. The number of aromatic nitrogens is 1. The zero-order chi connectivity index (χ0) is 12.8. The molecule has 0 spiro atoms. The number of aryl methyl sites for hydroxylation is 1. The number of carbonyl (C=O) groups is 1. The molecule has 96 valence electrons. The van der Waals surface area contributed by atoms with Gasteiger partial charge in [0.1, 0.15) is 5.69 Å². The Hall–Kier alpha value is -1.49. The Labute approximate surface area is 103 Å². The van der Waals surface area contributed by atoms with E-state index in [4.69, 9.17) is 5.73 Å². The second-order valence-corrected chi connectivity index (χ2v) is 4.10. The van der Waals surface area contributed by atoms with E-state index in [2.05, 4.69) is 17.1 Å². The molecule has 0 aromatic carbocycles. The first-order valence-electron chi connectivity index (χ1n) is 6.00. The number of carbonyl (C=O) groups excluding carboxylic acids is 1. The first-order valence-corrected chi connectivity index (χ1v) is 6.00. The zero-order valence-electron chi connectivity index (χ0n) is 10.9. The van der Waals surface area contributed by atoms with E-state index in [1.807, 2.05) is 18.5 Å². The van der Waals surface area contributed by atoms with Gasteiger partial charge < -0.3 is 20.5 Å². The number of nitrogens with two attached hydrogens (primary N) is 1. The lowest BCUT2D eigenvalue weighted by atomic mass is 10.3. The molecule has 17 heavy (non-hydrogen) atoms. The molecule has 0 aliphatic rings. The first-order chi connectivity index (χ1) is 8.08. The van der Waals surface area contributed by atoms with Crippen LogP contribution in [0, 0.1) is 0 Å². The minimum Gasteiger partial charge on any atom is -0.397 e. The Kier molecular flexibility index (Phi) is 5.03. The van der Waals surface area contributed by atoms with Gasteiger partial charge in [0.25, 0.3) is 5.91 Å². The summed E-state index contributed by atoms with van der Waals surface area (Å²) in [6.07, 6.45) is 1.78. The summed E-state index contributed by atoms with van der Waals surface area (Å²) >= 11 is 0. The van der Waals surface area contributed by atoms with Gasteiger partial charge in [-0.05, 0) is 26.6 Å². The maximum absolute atomic E-state index is 11.9. The quantitative estimate of drug-likeness (QED) is 0.769. The molecule has 0 unspecified atom stereocenters. The summed E-state index contributed by atoms with van der Waals surface area (Å²) in [6, 6.07) is 1.71. The summed E-state index contributed by atoms with van der Waals surface area (Å²) in [5.41, 5.74) is 6.94. The van der Waals surface area contributed by atoms with E-state index in [0.717, 1.165) is 19.6 Å². The standard InChI is InChI=1S/C12H22N4O/c1-4-15(3)7-6-14-12(17)11-8-10(13)9-16(11)5-2/h8-9H,4-7,13H2,1-3H3,(H,14,17). The van der Waals surface area contributed by atoms with Gasteiger partial charge in [-0.2, -0.15) is 0 Å². The highest BCUT2D eigenvalue weighted by Crippen LogP contribution is 2.10. The molecule has 1 amide bonds. The topological polar surface area (TPSA) is 63.3 Å². The van der Waals surface area contributed by atoms with Crippen LogP contribution in [0.3, 0.4) is 0 Å². The van der Waals surface area contributed by atoms with Crippen LogP contribution in [0.2, 0.25) is 0 Å². The molecule has 1 aromatic heterocycles. The van der Waals surface area contributed by atoms with Crippen molar-refractivity contribution in [2.24, 2.45) is 0 Å². The van der Waals surface area contributed by atoms with Crippen LogP contribution in [0.25, 0.3) is 0 Å². The lowest BCUT2D eigenvalue weighted by molar-refractivity contribution is 0.0941. The van der Waals surface area contributed by atoms with Crippen molar-refractivity contribution >= 4 is 11.6 Å². The SMILES string of the molecule is CCN(C)CCNC(=O)c1cc(N)cn1CC. The van der Waals surface area contributed by atoms with Crippen LogP contribution in [0.5, 0.6) is 0 Å². The van der Waals surface area contributed by atoms with Crippen LogP contribution < -0.4 is 11.1 Å². The van der Waals surface area contributed by atoms with Gasteiger partial charge in [-0.25, -0.2) is 0 Å². The molecule has 0 atom stereocenters. The molecule has 0 saturated carbocycles. The third-order valence-electron chi connectivity index (χ3n) is 2.81. The highest BCUT2D eigenvalue weighted by molar-refractivity contribution is 5.93. The van der Waals surface area contributed by atoms with E-state index < -0.39 is 0 Å². The Balaban J connectivity index is 2.52. The summed E-state index contributed by atoms with van der Waals surface area (Å²) in [6.45, 7) is 7.30. The Morgan fingerprint density at radius 3 is 2.82 bits per heavy atom.